The van der Waals surface area contributed by atoms with Crippen LogP contribution < -0.4 is 5.32 Å². The zero-order valence-electron chi connectivity index (χ0n) is 11.1. The van der Waals surface area contributed by atoms with E-state index in [1.165, 1.54) is 0 Å². The van der Waals surface area contributed by atoms with E-state index in [4.69, 9.17) is 0 Å². The van der Waals surface area contributed by atoms with Crippen LogP contribution in [0.15, 0.2) is 5.51 Å². The van der Waals surface area contributed by atoms with Crippen LogP contribution in [-0.2, 0) is 5.41 Å². The third-order valence-electron chi connectivity index (χ3n) is 2.42. The molecular formula is C12H18N4S2. The maximum atomic E-state index is 4.47. The van der Waals surface area contributed by atoms with Crippen molar-refractivity contribution in [3.63, 3.8) is 0 Å². The van der Waals surface area contributed by atoms with Crippen molar-refractivity contribution >= 4 is 27.8 Å². The van der Waals surface area contributed by atoms with Crippen LogP contribution in [0.25, 0.3) is 9.88 Å². The van der Waals surface area contributed by atoms with Gasteiger partial charge in [0, 0.05) is 12.0 Å². The van der Waals surface area contributed by atoms with Crippen LogP contribution in [-0.4, -0.2) is 21.7 Å². The van der Waals surface area contributed by atoms with Crippen molar-refractivity contribution in [1.29, 1.82) is 0 Å². The quantitative estimate of drug-likeness (QED) is 0.927. The SMILES string of the molecule is CCCNc1nnc(-c2scnc2C(C)(C)C)s1. The van der Waals surface area contributed by atoms with Crippen LogP contribution in [0.5, 0.6) is 0 Å². The highest BCUT2D eigenvalue weighted by Crippen LogP contribution is 2.37. The Kier molecular flexibility index (Phi) is 3.97. The highest BCUT2D eigenvalue weighted by atomic mass is 32.1. The maximum absolute atomic E-state index is 4.47. The van der Waals surface area contributed by atoms with E-state index in [-0.39, 0.29) is 5.41 Å². The number of hydrogen-bond donors (Lipinski definition) is 1. The zero-order valence-corrected chi connectivity index (χ0v) is 12.8. The van der Waals surface area contributed by atoms with Crippen LogP contribution in [0, 0.1) is 0 Å². The summed E-state index contributed by atoms with van der Waals surface area (Å²) in [4.78, 5) is 5.62. The molecule has 0 saturated heterocycles. The van der Waals surface area contributed by atoms with Gasteiger partial charge < -0.3 is 5.32 Å². The third-order valence-corrected chi connectivity index (χ3v) is 4.28. The van der Waals surface area contributed by atoms with Gasteiger partial charge in [-0.3, -0.25) is 0 Å². The summed E-state index contributed by atoms with van der Waals surface area (Å²) in [5, 5.41) is 13.5. The monoisotopic (exact) mass is 282 g/mol. The first-order chi connectivity index (χ1) is 8.52. The van der Waals surface area contributed by atoms with E-state index >= 15 is 0 Å². The van der Waals surface area contributed by atoms with Crippen molar-refractivity contribution in [3.05, 3.63) is 11.2 Å². The Bertz CT molecular complexity index is 510. The van der Waals surface area contributed by atoms with E-state index < -0.39 is 0 Å². The molecule has 0 fully saturated rings. The van der Waals surface area contributed by atoms with Crippen molar-refractivity contribution in [2.45, 2.75) is 39.5 Å². The molecule has 0 radical (unpaired) electrons. The minimum Gasteiger partial charge on any atom is -0.360 e. The van der Waals surface area contributed by atoms with Crippen LogP contribution in [0.3, 0.4) is 0 Å². The summed E-state index contributed by atoms with van der Waals surface area (Å²) in [6, 6.07) is 0. The molecule has 0 aliphatic rings. The minimum absolute atomic E-state index is 0.0397. The zero-order chi connectivity index (χ0) is 13.2. The molecular weight excluding hydrogens is 264 g/mol. The summed E-state index contributed by atoms with van der Waals surface area (Å²) in [7, 11) is 0. The molecule has 18 heavy (non-hydrogen) atoms. The number of aromatic nitrogens is 3. The van der Waals surface area contributed by atoms with Crippen molar-refractivity contribution in [2.75, 3.05) is 11.9 Å². The highest BCUT2D eigenvalue weighted by molar-refractivity contribution is 7.22. The minimum atomic E-state index is 0.0397. The van der Waals surface area contributed by atoms with Crippen molar-refractivity contribution in [2.24, 2.45) is 0 Å². The van der Waals surface area contributed by atoms with Gasteiger partial charge in [0.05, 0.1) is 16.1 Å². The number of nitrogens with one attached hydrogen (secondary N) is 1. The molecule has 0 amide bonds. The number of hydrogen-bond acceptors (Lipinski definition) is 6. The van der Waals surface area contributed by atoms with Gasteiger partial charge in [0.1, 0.15) is 0 Å². The molecule has 1 N–H and O–H groups in total. The molecule has 6 heteroatoms. The predicted molar refractivity (Wildman–Crippen MR) is 78.5 cm³/mol. The summed E-state index contributed by atoms with van der Waals surface area (Å²) in [6.07, 6.45) is 1.09. The fourth-order valence-corrected chi connectivity index (χ4v) is 3.41. The average Bonchev–Trinajstić information content (AvgIpc) is 2.93. The van der Waals surface area contributed by atoms with Gasteiger partial charge in [0.15, 0.2) is 5.01 Å². The molecule has 2 heterocycles. The molecule has 0 aliphatic carbocycles. The van der Waals surface area contributed by atoms with Gasteiger partial charge in [0.25, 0.3) is 0 Å². The van der Waals surface area contributed by atoms with Gasteiger partial charge in [-0.1, -0.05) is 39.0 Å². The lowest BCUT2D eigenvalue weighted by atomic mass is 9.91. The number of rotatable bonds is 4. The Hall–Kier alpha value is -1.01. The molecule has 2 rings (SSSR count). The van der Waals surface area contributed by atoms with Crippen molar-refractivity contribution in [3.8, 4) is 9.88 Å². The lowest BCUT2D eigenvalue weighted by molar-refractivity contribution is 0.574. The lowest BCUT2D eigenvalue weighted by Crippen LogP contribution is -2.12. The van der Waals surface area contributed by atoms with Gasteiger partial charge in [0.2, 0.25) is 5.13 Å². The molecule has 0 saturated carbocycles. The van der Waals surface area contributed by atoms with Gasteiger partial charge in [-0.2, -0.15) is 0 Å². The summed E-state index contributed by atoms with van der Waals surface area (Å²) < 4.78 is 0. The summed E-state index contributed by atoms with van der Waals surface area (Å²) in [6.45, 7) is 9.58. The average molecular weight is 282 g/mol. The molecule has 0 aromatic carbocycles. The van der Waals surface area contributed by atoms with Crippen LogP contribution in [0.4, 0.5) is 5.13 Å². The van der Waals surface area contributed by atoms with Crippen LogP contribution >= 0.6 is 22.7 Å². The van der Waals surface area contributed by atoms with Crippen molar-refractivity contribution in [1.82, 2.24) is 15.2 Å². The van der Waals surface area contributed by atoms with E-state index in [1.807, 2.05) is 5.51 Å². The second kappa shape index (κ2) is 5.32. The summed E-state index contributed by atoms with van der Waals surface area (Å²) in [5.74, 6) is 0. The topological polar surface area (TPSA) is 50.7 Å². The Balaban J connectivity index is 2.27. The van der Waals surface area contributed by atoms with Gasteiger partial charge in [-0.15, -0.1) is 21.5 Å². The van der Waals surface area contributed by atoms with Crippen LogP contribution in [0.1, 0.15) is 39.8 Å². The largest absolute Gasteiger partial charge is 0.360 e. The molecule has 0 atom stereocenters. The molecule has 0 bridgehead atoms. The first-order valence-electron chi connectivity index (χ1n) is 6.04. The van der Waals surface area contributed by atoms with Gasteiger partial charge in [-0.25, -0.2) is 4.98 Å². The molecule has 0 spiro atoms. The smallest absolute Gasteiger partial charge is 0.206 e. The molecule has 2 aromatic heterocycles. The highest BCUT2D eigenvalue weighted by Gasteiger charge is 2.23. The van der Waals surface area contributed by atoms with E-state index in [1.54, 1.807) is 22.7 Å². The fourth-order valence-electron chi connectivity index (χ4n) is 1.55. The number of thiazole rings is 1. The molecule has 4 nitrogen and oxygen atoms in total. The predicted octanol–water partition coefficient (Wildman–Crippen LogP) is 3.78. The number of nitrogens with zero attached hydrogens (tertiary/aromatic N) is 3. The normalized spacial score (nSPS) is 11.8. The Labute approximate surface area is 116 Å². The van der Waals surface area contributed by atoms with E-state index in [9.17, 15) is 0 Å². The Morgan fingerprint density at radius 3 is 2.72 bits per heavy atom. The molecule has 2 aromatic rings. The summed E-state index contributed by atoms with van der Waals surface area (Å²) >= 11 is 3.23. The number of anilines is 1. The van der Waals surface area contributed by atoms with Gasteiger partial charge in [-0.05, 0) is 6.42 Å². The molecule has 0 unspecified atom stereocenters. The third kappa shape index (κ3) is 2.87. The second-order valence-corrected chi connectivity index (χ2v) is 6.95. The fraction of sp³-hybridized carbons (Fsp3) is 0.583. The standard InChI is InChI=1S/C12H18N4S2/c1-5-6-13-11-16-15-10(18-11)8-9(12(2,3)4)14-7-17-8/h7H,5-6H2,1-4H3,(H,13,16). The van der Waals surface area contributed by atoms with E-state index in [2.05, 4.69) is 48.2 Å². The van der Waals surface area contributed by atoms with E-state index in [0.29, 0.717) is 0 Å². The Morgan fingerprint density at radius 2 is 2.06 bits per heavy atom. The summed E-state index contributed by atoms with van der Waals surface area (Å²) in [5.41, 5.74) is 3.03. The molecule has 0 aliphatic heterocycles. The second-order valence-electron chi connectivity index (χ2n) is 5.12. The molecule has 98 valence electrons. The van der Waals surface area contributed by atoms with Gasteiger partial charge >= 0.3 is 0 Å². The van der Waals surface area contributed by atoms with E-state index in [0.717, 1.165) is 33.7 Å². The Morgan fingerprint density at radius 1 is 1.28 bits per heavy atom. The first kappa shape index (κ1) is 13.4. The lowest BCUT2D eigenvalue weighted by Gasteiger charge is -2.16. The van der Waals surface area contributed by atoms with Crippen molar-refractivity contribution < 1.29 is 0 Å². The van der Waals surface area contributed by atoms with Crippen LogP contribution in [0.2, 0.25) is 0 Å². The first-order valence-corrected chi connectivity index (χ1v) is 7.73. The maximum Gasteiger partial charge on any atom is 0.206 e.